The van der Waals surface area contributed by atoms with Crippen LogP contribution in [0.15, 0.2) is 12.4 Å². The lowest BCUT2D eigenvalue weighted by atomic mass is 10.0. The van der Waals surface area contributed by atoms with Crippen LogP contribution in [0.5, 0.6) is 0 Å². The second kappa shape index (κ2) is 5.61. The van der Waals surface area contributed by atoms with Crippen LogP contribution >= 0.6 is 23.2 Å². The number of hydrogen-bond acceptors (Lipinski definition) is 2. The first-order valence-corrected chi connectivity index (χ1v) is 6.19. The normalized spacial score (nSPS) is 11.7. The smallest absolute Gasteiger partial charge is 0.203 e. The van der Waals surface area contributed by atoms with Crippen LogP contribution in [0.2, 0.25) is 0 Å². The highest BCUT2D eigenvalue weighted by atomic mass is 35.5. The minimum absolute atomic E-state index is 0.263. The molecule has 0 fully saturated rings. The van der Waals surface area contributed by atoms with E-state index >= 15 is 0 Å². The fourth-order valence-electron chi connectivity index (χ4n) is 1.31. The van der Waals surface area contributed by atoms with Gasteiger partial charge in [-0.15, -0.1) is 23.2 Å². The van der Waals surface area contributed by atoms with Crippen LogP contribution in [0.3, 0.4) is 0 Å². The molecule has 3 nitrogen and oxygen atoms in total. The number of aromatic nitrogens is 2. The monoisotopic (exact) mass is 249 g/mol. The Balaban J connectivity index is 2.82. The highest BCUT2D eigenvalue weighted by Gasteiger charge is 2.27. The van der Waals surface area contributed by atoms with Crippen molar-refractivity contribution in [2.75, 3.05) is 17.1 Å². The Morgan fingerprint density at radius 2 is 2.07 bits per heavy atom. The van der Waals surface area contributed by atoms with E-state index in [1.807, 2.05) is 10.8 Å². The lowest BCUT2D eigenvalue weighted by Gasteiger charge is -2.30. The van der Waals surface area contributed by atoms with Gasteiger partial charge in [-0.05, 0) is 13.3 Å². The summed E-state index contributed by atoms with van der Waals surface area (Å²) in [6, 6.07) is 0. The molecule has 0 aliphatic carbocycles. The molecule has 1 aromatic heterocycles. The summed E-state index contributed by atoms with van der Waals surface area (Å²) in [4.78, 5) is 4.25. The molecule has 0 bridgehead atoms. The van der Waals surface area contributed by atoms with E-state index in [1.54, 1.807) is 6.20 Å². The largest absolute Gasteiger partial charge is 0.348 e. The Kier molecular flexibility index (Phi) is 4.74. The van der Waals surface area contributed by atoms with Crippen LogP contribution in [0.25, 0.3) is 0 Å². The number of alkyl halides is 2. The minimum Gasteiger partial charge on any atom is -0.348 e. The SMILES string of the molecule is CCn1ccnc1NC(CC)(CCl)CCl. The summed E-state index contributed by atoms with van der Waals surface area (Å²) in [6.07, 6.45) is 4.58. The molecule has 0 atom stereocenters. The standard InChI is InChI=1S/C10H17Cl2N3/c1-3-10(7-11,8-12)14-9-13-5-6-15(9)4-2/h5-6H,3-4,7-8H2,1-2H3,(H,13,14). The van der Waals surface area contributed by atoms with Crippen LogP contribution in [0, 0.1) is 0 Å². The Bertz CT molecular complexity index is 286. The Morgan fingerprint density at radius 1 is 1.40 bits per heavy atom. The number of aryl methyl sites for hydroxylation is 1. The van der Waals surface area contributed by atoms with E-state index in [2.05, 4.69) is 24.1 Å². The number of imidazole rings is 1. The Hall–Kier alpha value is -0.410. The fraction of sp³-hybridized carbons (Fsp3) is 0.700. The first-order valence-electron chi connectivity index (χ1n) is 5.12. The maximum Gasteiger partial charge on any atom is 0.203 e. The average Bonchev–Trinajstić information content (AvgIpc) is 2.73. The summed E-state index contributed by atoms with van der Waals surface area (Å²) in [5.74, 6) is 1.79. The third-order valence-corrected chi connectivity index (χ3v) is 3.64. The maximum absolute atomic E-state index is 5.95. The van der Waals surface area contributed by atoms with Gasteiger partial charge in [0.25, 0.3) is 0 Å². The van der Waals surface area contributed by atoms with Gasteiger partial charge in [-0.1, -0.05) is 6.92 Å². The number of anilines is 1. The zero-order valence-corrected chi connectivity index (χ0v) is 10.6. The van der Waals surface area contributed by atoms with E-state index in [9.17, 15) is 0 Å². The third kappa shape index (κ3) is 2.79. The van der Waals surface area contributed by atoms with Crippen LogP contribution < -0.4 is 5.32 Å². The molecule has 1 aromatic rings. The second-order valence-corrected chi connectivity index (χ2v) is 4.10. The van der Waals surface area contributed by atoms with E-state index in [4.69, 9.17) is 23.2 Å². The zero-order chi connectivity index (χ0) is 11.3. The first kappa shape index (κ1) is 12.7. The van der Waals surface area contributed by atoms with Crippen LogP contribution in [-0.2, 0) is 6.54 Å². The van der Waals surface area contributed by atoms with Crippen LogP contribution in [0.4, 0.5) is 5.95 Å². The zero-order valence-electron chi connectivity index (χ0n) is 9.13. The number of nitrogens with zero attached hydrogens (tertiary/aromatic N) is 2. The Morgan fingerprint density at radius 3 is 2.53 bits per heavy atom. The van der Waals surface area contributed by atoms with Gasteiger partial charge in [0.05, 0.1) is 5.54 Å². The molecule has 5 heteroatoms. The predicted molar refractivity (Wildman–Crippen MR) is 66.0 cm³/mol. The van der Waals surface area contributed by atoms with Crippen molar-refractivity contribution in [1.82, 2.24) is 9.55 Å². The maximum atomic E-state index is 5.95. The first-order chi connectivity index (χ1) is 7.21. The number of halogens is 2. The van der Waals surface area contributed by atoms with Crippen molar-refractivity contribution >= 4 is 29.2 Å². The van der Waals surface area contributed by atoms with Crippen molar-refractivity contribution in [2.45, 2.75) is 32.4 Å². The van der Waals surface area contributed by atoms with Gasteiger partial charge >= 0.3 is 0 Å². The molecule has 0 aromatic carbocycles. The summed E-state index contributed by atoms with van der Waals surface area (Å²) >= 11 is 11.9. The molecule has 0 radical (unpaired) electrons. The molecule has 0 aliphatic heterocycles. The molecule has 0 saturated heterocycles. The van der Waals surface area contributed by atoms with Crippen LogP contribution in [-0.4, -0.2) is 26.9 Å². The molecule has 15 heavy (non-hydrogen) atoms. The highest BCUT2D eigenvalue weighted by Crippen LogP contribution is 2.21. The summed E-state index contributed by atoms with van der Waals surface area (Å²) in [6.45, 7) is 5.02. The van der Waals surface area contributed by atoms with Crippen molar-refractivity contribution in [3.8, 4) is 0 Å². The van der Waals surface area contributed by atoms with Gasteiger partial charge in [0.2, 0.25) is 5.95 Å². The van der Waals surface area contributed by atoms with Crippen molar-refractivity contribution in [2.24, 2.45) is 0 Å². The lowest BCUT2D eigenvalue weighted by Crippen LogP contribution is -2.42. The lowest BCUT2D eigenvalue weighted by molar-refractivity contribution is 0.548. The van der Waals surface area contributed by atoms with E-state index in [1.165, 1.54) is 0 Å². The molecular formula is C10H17Cl2N3. The van der Waals surface area contributed by atoms with E-state index in [-0.39, 0.29) is 5.54 Å². The van der Waals surface area contributed by atoms with Gasteiger partial charge in [0.1, 0.15) is 0 Å². The van der Waals surface area contributed by atoms with Gasteiger partial charge in [-0.2, -0.15) is 0 Å². The summed E-state index contributed by atoms with van der Waals surface area (Å²) < 4.78 is 2.03. The van der Waals surface area contributed by atoms with Gasteiger partial charge < -0.3 is 9.88 Å². The number of hydrogen-bond donors (Lipinski definition) is 1. The van der Waals surface area contributed by atoms with Gasteiger partial charge in [0, 0.05) is 30.7 Å². The van der Waals surface area contributed by atoms with Crippen molar-refractivity contribution in [1.29, 1.82) is 0 Å². The summed E-state index contributed by atoms with van der Waals surface area (Å²) in [5, 5.41) is 3.33. The molecular weight excluding hydrogens is 233 g/mol. The minimum atomic E-state index is -0.263. The van der Waals surface area contributed by atoms with E-state index < -0.39 is 0 Å². The summed E-state index contributed by atoms with van der Waals surface area (Å²) in [7, 11) is 0. The molecule has 1 heterocycles. The van der Waals surface area contributed by atoms with Crippen molar-refractivity contribution in [3.05, 3.63) is 12.4 Å². The molecule has 1 rings (SSSR count). The molecule has 1 N–H and O–H groups in total. The fourth-order valence-corrected chi connectivity index (χ4v) is 2.10. The van der Waals surface area contributed by atoms with Crippen molar-refractivity contribution in [3.63, 3.8) is 0 Å². The summed E-state index contributed by atoms with van der Waals surface area (Å²) in [5.41, 5.74) is -0.263. The number of nitrogens with one attached hydrogen (secondary N) is 1. The average molecular weight is 250 g/mol. The molecule has 0 unspecified atom stereocenters. The topological polar surface area (TPSA) is 29.9 Å². The predicted octanol–water partition coefficient (Wildman–Crippen LogP) is 2.94. The molecule has 0 aliphatic rings. The van der Waals surface area contributed by atoms with Gasteiger partial charge in [-0.25, -0.2) is 4.98 Å². The Labute approximate surface area is 101 Å². The molecule has 0 amide bonds. The van der Waals surface area contributed by atoms with Crippen LogP contribution in [0.1, 0.15) is 20.3 Å². The molecule has 86 valence electrons. The highest BCUT2D eigenvalue weighted by molar-refractivity contribution is 6.22. The molecule has 0 saturated carbocycles. The van der Waals surface area contributed by atoms with Gasteiger partial charge in [-0.3, -0.25) is 0 Å². The van der Waals surface area contributed by atoms with Crippen molar-refractivity contribution < 1.29 is 0 Å². The quantitative estimate of drug-likeness (QED) is 0.786. The number of rotatable bonds is 6. The van der Waals surface area contributed by atoms with E-state index in [0.717, 1.165) is 18.9 Å². The van der Waals surface area contributed by atoms with Gasteiger partial charge in [0.15, 0.2) is 0 Å². The molecule has 0 spiro atoms. The van der Waals surface area contributed by atoms with E-state index in [0.29, 0.717) is 11.8 Å². The third-order valence-electron chi connectivity index (χ3n) is 2.62. The second-order valence-electron chi connectivity index (χ2n) is 3.56.